The number of nitrogens with one attached hydrogen (secondary N) is 2. The summed E-state index contributed by atoms with van der Waals surface area (Å²) in [7, 11) is 3.83. The standard InChI is InChI=1S/C5H15N3/c1-5(2)8(4)7-6-3/h5-7H,1-4H3. The Hall–Kier alpha value is -0.120. The molecule has 0 heterocycles. The van der Waals surface area contributed by atoms with Gasteiger partial charge in [-0.15, -0.1) is 0 Å². The quantitative estimate of drug-likeness (QED) is 0.508. The Kier molecular flexibility index (Phi) is 3.77. The monoisotopic (exact) mass is 117 g/mol. The first kappa shape index (κ1) is 7.88. The minimum Gasteiger partial charge on any atom is -0.247 e. The highest BCUT2D eigenvalue weighted by molar-refractivity contribution is 4.46. The summed E-state index contributed by atoms with van der Waals surface area (Å²) in [6.07, 6.45) is 0. The minimum atomic E-state index is 0.530. The maximum Gasteiger partial charge on any atom is 0.0197 e. The summed E-state index contributed by atoms with van der Waals surface area (Å²) in [5.74, 6) is 0. The van der Waals surface area contributed by atoms with Crippen LogP contribution < -0.4 is 11.0 Å². The van der Waals surface area contributed by atoms with Gasteiger partial charge in [0, 0.05) is 13.1 Å². The molecule has 3 nitrogen and oxygen atoms in total. The number of nitrogens with zero attached hydrogens (tertiary/aromatic N) is 1. The van der Waals surface area contributed by atoms with E-state index in [9.17, 15) is 0 Å². The predicted octanol–water partition coefficient (Wildman–Crippen LogP) is -0.0344. The van der Waals surface area contributed by atoms with Crippen molar-refractivity contribution in [1.29, 1.82) is 0 Å². The lowest BCUT2D eigenvalue weighted by molar-refractivity contribution is 0.159. The Morgan fingerprint density at radius 1 is 1.38 bits per heavy atom. The SMILES string of the molecule is CNNN(C)C(C)C. The summed E-state index contributed by atoms with van der Waals surface area (Å²) >= 11 is 0. The van der Waals surface area contributed by atoms with Crippen molar-refractivity contribution in [2.45, 2.75) is 19.9 Å². The first-order valence-corrected chi connectivity index (χ1v) is 2.83. The zero-order chi connectivity index (χ0) is 6.57. The van der Waals surface area contributed by atoms with E-state index in [-0.39, 0.29) is 0 Å². The maximum absolute atomic E-state index is 2.93. The molecular weight excluding hydrogens is 102 g/mol. The van der Waals surface area contributed by atoms with Gasteiger partial charge in [-0.3, -0.25) is 0 Å². The van der Waals surface area contributed by atoms with Crippen LogP contribution in [-0.4, -0.2) is 25.1 Å². The summed E-state index contributed by atoms with van der Waals surface area (Å²) in [5.41, 5.74) is 5.75. The Bertz CT molecular complexity index is 53.6. The van der Waals surface area contributed by atoms with Crippen LogP contribution in [0.5, 0.6) is 0 Å². The van der Waals surface area contributed by atoms with Crippen molar-refractivity contribution in [2.75, 3.05) is 14.1 Å². The Morgan fingerprint density at radius 2 is 1.88 bits per heavy atom. The third kappa shape index (κ3) is 2.96. The second-order valence-corrected chi connectivity index (χ2v) is 2.07. The molecule has 50 valence electrons. The van der Waals surface area contributed by atoms with Gasteiger partial charge in [-0.2, -0.15) is 5.53 Å². The zero-order valence-corrected chi connectivity index (χ0v) is 6.02. The molecule has 0 saturated carbocycles. The Balaban J connectivity index is 3.17. The van der Waals surface area contributed by atoms with Gasteiger partial charge in [-0.1, -0.05) is 0 Å². The lowest BCUT2D eigenvalue weighted by atomic mass is 10.4. The molecule has 0 rings (SSSR count). The summed E-state index contributed by atoms with van der Waals surface area (Å²) in [4.78, 5) is 0. The first-order valence-electron chi connectivity index (χ1n) is 2.83. The van der Waals surface area contributed by atoms with Gasteiger partial charge in [-0.05, 0) is 20.9 Å². The first-order chi connectivity index (χ1) is 3.68. The van der Waals surface area contributed by atoms with Crippen LogP contribution in [-0.2, 0) is 0 Å². The highest BCUT2D eigenvalue weighted by atomic mass is 15.7. The van der Waals surface area contributed by atoms with Crippen LogP contribution in [0.1, 0.15) is 13.8 Å². The largest absolute Gasteiger partial charge is 0.247 e. The number of rotatable bonds is 3. The smallest absolute Gasteiger partial charge is 0.0197 e. The zero-order valence-electron chi connectivity index (χ0n) is 6.02. The second kappa shape index (κ2) is 3.83. The molecule has 0 aliphatic heterocycles. The van der Waals surface area contributed by atoms with E-state index in [2.05, 4.69) is 24.8 Å². The topological polar surface area (TPSA) is 27.3 Å². The molecule has 0 aliphatic carbocycles. The van der Waals surface area contributed by atoms with Gasteiger partial charge in [0.2, 0.25) is 0 Å². The number of hydrogen-bond acceptors (Lipinski definition) is 3. The van der Waals surface area contributed by atoms with E-state index in [1.54, 1.807) is 0 Å². The fourth-order valence-electron chi connectivity index (χ4n) is 0.305. The molecular formula is C5H15N3. The van der Waals surface area contributed by atoms with E-state index in [4.69, 9.17) is 0 Å². The number of hydrazine groups is 2. The van der Waals surface area contributed by atoms with E-state index in [1.807, 2.05) is 19.1 Å². The van der Waals surface area contributed by atoms with E-state index < -0.39 is 0 Å². The molecule has 0 unspecified atom stereocenters. The fraction of sp³-hybridized carbons (Fsp3) is 1.00. The van der Waals surface area contributed by atoms with Gasteiger partial charge in [0.1, 0.15) is 0 Å². The Morgan fingerprint density at radius 3 is 2.00 bits per heavy atom. The summed E-state index contributed by atoms with van der Waals surface area (Å²) in [6.45, 7) is 4.23. The van der Waals surface area contributed by atoms with Crippen LogP contribution >= 0.6 is 0 Å². The van der Waals surface area contributed by atoms with Crippen molar-refractivity contribution < 1.29 is 0 Å². The third-order valence-electron chi connectivity index (χ3n) is 1.06. The van der Waals surface area contributed by atoms with E-state index in [0.717, 1.165) is 0 Å². The highest BCUT2D eigenvalue weighted by Crippen LogP contribution is 1.84. The van der Waals surface area contributed by atoms with Crippen LogP contribution in [0.4, 0.5) is 0 Å². The van der Waals surface area contributed by atoms with Crippen molar-refractivity contribution in [2.24, 2.45) is 0 Å². The predicted molar refractivity (Wildman–Crippen MR) is 35.1 cm³/mol. The van der Waals surface area contributed by atoms with Crippen molar-refractivity contribution in [3.8, 4) is 0 Å². The van der Waals surface area contributed by atoms with Crippen LogP contribution in [0.3, 0.4) is 0 Å². The van der Waals surface area contributed by atoms with Crippen molar-refractivity contribution >= 4 is 0 Å². The minimum absolute atomic E-state index is 0.530. The van der Waals surface area contributed by atoms with Gasteiger partial charge in [0.05, 0.1) is 0 Å². The molecule has 0 saturated heterocycles. The molecule has 0 aliphatic rings. The Labute approximate surface area is 51.0 Å². The maximum atomic E-state index is 2.93. The van der Waals surface area contributed by atoms with Gasteiger partial charge in [0.25, 0.3) is 0 Å². The second-order valence-electron chi connectivity index (χ2n) is 2.07. The van der Waals surface area contributed by atoms with Gasteiger partial charge in [-0.25, -0.2) is 10.4 Å². The average molecular weight is 117 g/mol. The van der Waals surface area contributed by atoms with E-state index in [1.165, 1.54) is 0 Å². The van der Waals surface area contributed by atoms with Crippen molar-refractivity contribution in [3.05, 3.63) is 0 Å². The van der Waals surface area contributed by atoms with Gasteiger partial charge < -0.3 is 0 Å². The molecule has 0 fully saturated rings. The van der Waals surface area contributed by atoms with Crippen molar-refractivity contribution in [1.82, 2.24) is 16.0 Å². The molecule has 0 atom stereocenters. The molecule has 0 radical (unpaired) electrons. The summed E-state index contributed by atoms with van der Waals surface area (Å²) in [6, 6.07) is 0.530. The van der Waals surface area contributed by atoms with Gasteiger partial charge >= 0.3 is 0 Å². The molecule has 3 heteroatoms. The summed E-state index contributed by atoms with van der Waals surface area (Å²) < 4.78 is 0. The van der Waals surface area contributed by atoms with Gasteiger partial charge in [0.15, 0.2) is 0 Å². The molecule has 0 spiro atoms. The van der Waals surface area contributed by atoms with Crippen molar-refractivity contribution in [3.63, 3.8) is 0 Å². The molecule has 0 bridgehead atoms. The molecule has 0 amide bonds. The summed E-state index contributed by atoms with van der Waals surface area (Å²) in [5, 5.41) is 1.99. The number of hydrogen-bond donors (Lipinski definition) is 2. The lowest BCUT2D eigenvalue weighted by Gasteiger charge is -2.20. The normalized spacial score (nSPS) is 11.2. The van der Waals surface area contributed by atoms with Crippen LogP contribution in [0.15, 0.2) is 0 Å². The molecule has 0 aromatic rings. The van der Waals surface area contributed by atoms with Crippen LogP contribution in [0.2, 0.25) is 0 Å². The molecule has 2 N–H and O–H groups in total. The fourth-order valence-corrected chi connectivity index (χ4v) is 0.305. The van der Waals surface area contributed by atoms with E-state index >= 15 is 0 Å². The molecule has 0 aromatic heterocycles. The highest BCUT2D eigenvalue weighted by Gasteiger charge is 1.97. The van der Waals surface area contributed by atoms with Crippen LogP contribution in [0, 0.1) is 0 Å². The molecule has 0 aromatic carbocycles. The van der Waals surface area contributed by atoms with E-state index in [0.29, 0.717) is 6.04 Å². The molecule has 8 heavy (non-hydrogen) atoms. The third-order valence-corrected chi connectivity index (χ3v) is 1.06. The average Bonchev–Trinajstić information content (AvgIpc) is 1.67. The van der Waals surface area contributed by atoms with Crippen LogP contribution in [0.25, 0.3) is 0 Å². The lowest BCUT2D eigenvalue weighted by Crippen LogP contribution is -2.46.